The van der Waals surface area contributed by atoms with Gasteiger partial charge in [-0.1, -0.05) is 11.6 Å². The molecule has 2 N–H and O–H groups in total. The summed E-state index contributed by atoms with van der Waals surface area (Å²) in [5.74, 6) is -1.53. The van der Waals surface area contributed by atoms with Crippen LogP contribution in [0.4, 0.5) is 5.69 Å². The van der Waals surface area contributed by atoms with Crippen LogP contribution in [0.2, 0.25) is 5.02 Å². The number of halogens is 1. The number of amides is 1. The molecule has 1 amide bonds. The number of carbonyl (C=O) groups is 2. The van der Waals surface area contributed by atoms with E-state index in [4.69, 9.17) is 21.4 Å². The molecule has 1 heterocycles. The van der Waals surface area contributed by atoms with Crippen LogP contribution in [0.15, 0.2) is 42.7 Å². The number of hydrogen-bond acceptors (Lipinski definition) is 4. The van der Waals surface area contributed by atoms with Crippen LogP contribution in [-0.2, 0) is 4.79 Å². The first kappa shape index (κ1) is 14.8. The van der Waals surface area contributed by atoms with Crippen molar-refractivity contribution in [2.75, 3.05) is 11.9 Å². The van der Waals surface area contributed by atoms with Crippen molar-refractivity contribution in [2.45, 2.75) is 0 Å². The molecule has 108 valence electrons. The zero-order valence-electron chi connectivity index (χ0n) is 10.7. The van der Waals surface area contributed by atoms with Gasteiger partial charge >= 0.3 is 5.97 Å². The van der Waals surface area contributed by atoms with Gasteiger partial charge in [0.15, 0.2) is 12.4 Å². The molecular formula is C14H11ClN2O4. The molecule has 1 aromatic heterocycles. The molecule has 0 aliphatic carbocycles. The van der Waals surface area contributed by atoms with Crippen molar-refractivity contribution >= 4 is 29.2 Å². The Morgan fingerprint density at radius 3 is 2.62 bits per heavy atom. The number of carbonyl (C=O) groups excluding carboxylic acids is 1. The zero-order valence-corrected chi connectivity index (χ0v) is 11.5. The predicted octanol–water partition coefficient (Wildman–Crippen LogP) is 2.45. The quantitative estimate of drug-likeness (QED) is 0.885. The number of nitrogens with zero attached hydrogens (tertiary/aromatic N) is 1. The fourth-order valence-electron chi connectivity index (χ4n) is 1.55. The highest BCUT2D eigenvalue weighted by Gasteiger charge is 2.12. The fourth-order valence-corrected chi connectivity index (χ4v) is 1.67. The van der Waals surface area contributed by atoms with Crippen LogP contribution in [-0.4, -0.2) is 28.6 Å². The summed E-state index contributed by atoms with van der Waals surface area (Å²) in [4.78, 5) is 26.4. The first-order valence-electron chi connectivity index (χ1n) is 5.92. The number of pyridine rings is 1. The Bertz CT molecular complexity index is 658. The van der Waals surface area contributed by atoms with E-state index < -0.39 is 11.9 Å². The fraction of sp³-hybridized carbons (Fsp3) is 0.0714. The minimum atomic E-state index is -1.15. The van der Waals surface area contributed by atoms with Crippen LogP contribution >= 0.6 is 11.6 Å². The molecule has 21 heavy (non-hydrogen) atoms. The van der Waals surface area contributed by atoms with Crippen LogP contribution in [0.25, 0.3) is 0 Å². The van der Waals surface area contributed by atoms with Gasteiger partial charge in [0.1, 0.15) is 5.56 Å². The molecule has 2 rings (SSSR count). The van der Waals surface area contributed by atoms with E-state index in [1.165, 1.54) is 18.5 Å². The summed E-state index contributed by atoms with van der Waals surface area (Å²) in [6.07, 6.45) is 2.59. The second-order valence-electron chi connectivity index (χ2n) is 4.02. The van der Waals surface area contributed by atoms with Gasteiger partial charge in [-0.2, -0.15) is 0 Å². The van der Waals surface area contributed by atoms with Crippen molar-refractivity contribution in [1.29, 1.82) is 0 Å². The number of hydrogen-bond donors (Lipinski definition) is 2. The number of nitrogens with one attached hydrogen (secondary N) is 1. The van der Waals surface area contributed by atoms with Crippen molar-refractivity contribution in [2.24, 2.45) is 0 Å². The Kier molecular flexibility index (Phi) is 4.73. The number of aromatic nitrogens is 1. The molecule has 0 radical (unpaired) electrons. The third kappa shape index (κ3) is 4.19. The maximum atomic E-state index is 11.7. The molecule has 0 unspecified atom stereocenters. The van der Waals surface area contributed by atoms with Crippen LogP contribution < -0.4 is 10.1 Å². The molecule has 7 heteroatoms. The smallest absolute Gasteiger partial charge is 0.339 e. The van der Waals surface area contributed by atoms with Crippen molar-refractivity contribution in [3.8, 4) is 5.75 Å². The summed E-state index contributed by atoms with van der Waals surface area (Å²) in [6.45, 7) is -0.325. The summed E-state index contributed by atoms with van der Waals surface area (Å²) in [6, 6.07) is 7.87. The van der Waals surface area contributed by atoms with E-state index in [2.05, 4.69) is 10.3 Å². The van der Waals surface area contributed by atoms with Crippen LogP contribution in [0.3, 0.4) is 0 Å². The van der Waals surface area contributed by atoms with Gasteiger partial charge < -0.3 is 15.2 Å². The molecule has 0 aliphatic heterocycles. The molecule has 0 aliphatic rings. The minimum absolute atomic E-state index is 0.0382. The molecular weight excluding hydrogens is 296 g/mol. The Labute approximate surface area is 125 Å². The normalized spacial score (nSPS) is 9.95. The number of carboxylic acids is 1. The van der Waals surface area contributed by atoms with Crippen LogP contribution in [0.5, 0.6) is 5.75 Å². The number of anilines is 1. The summed E-state index contributed by atoms with van der Waals surface area (Å²) in [7, 11) is 0. The van der Waals surface area contributed by atoms with E-state index in [0.717, 1.165) is 0 Å². The second kappa shape index (κ2) is 6.71. The molecule has 6 nitrogen and oxygen atoms in total. The molecule has 0 fully saturated rings. The van der Waals surface area contributed by atoms with Crippen LogP contribution in [0, 0.1) is 0 Å². The number of carboxylic acid groups (broad SMARTS) is 1. The Hall–Kier alpha value is -2.60. The van der Waals surface area contributed by atoms with Gasteiger partial charge in [-0.3, -0.25) is 9.78 Å². The van der Waals surface area contributed by atoms with E-state index in [-0.39, 0.29) is 17.9 Å². The second-order valence-corrected chi connectivity index (χ2v) is 4.46. The van der Waals surface area contributed by atoms with E-state index in [0.29, 0.717) is 10.7 Å². The summed E-state index contributed by atoms with van der Waals surface area (Å²) < 4.78 is 5.17. The largest absolute Gasteiger partial charge is 0.481 e. The molecule has 0 atom stereocenters. The highest BCUT2D eigenvalue weighted by Crippen LogP contribution is 2.16. The van der Waals surface area contributed by atoms with Crippen molar-refractivity contribution in [1.82, 2.24) is 4.98 Å². The van der Waals surface area contributed by atoms with E-state index >= 15 is 0 Å². The lowest BCUT2D eigenvalue weighted by Crippen LogP contribution is -2.20. The molecule has 1 aromatic carbocycles. The monoisotopic (exact) mass is 306 g/mol. The Morgan fingerprint density at radius 1 is 1.24 bits per heavy atom. The summed E-state index contributed by atoms with van der Waals surface area (Å²) >= 11 is 5.74. The molecule has 2 aromatic rings. The van der Waals surface area contributed by atoms with Gasteiger partial charge in [0.2, 0.25) is 0 Å². The first-order valence-corrected chi connectivity index (χ1v) is 6.29. The first-order chi connectivity index (χ1) is 10.1. The lowest BCUT2D eigenvalue weighted by atomic mass is 10.2. The third-order valence-electron chi connectivity index (χ3n) is 2.50. The minimum Gasteiger partial charge on any atom is -0.481 e. The van der Waals surface area contributed by atoms with Gasteiger partial charge in [-0.15, -0.1) is 0 Å². The highest BCUT2D eigenvalue weighted by atomic mass is 35.5. The number of rotatable bonds is 5. The van der Waals surface area contributed by atoms with Crippen LogP contribution in [0.1, 0.15) is 10.4 Å². The highest BCUT2D eigenvalue weighted by molar-refractivity contribution is 6.30. The summed E-state index contributed by atoms with van der Waals surface area (Å²) in [5, 5.41) is 12.1. The maximum absolute atomic E-state index is 11.7. The van der Waals surface area contributed by atoms with Crippen molar-refractivity contribution in [3.63, 3.8) is 0 Å². The SMILES string of the molecule is O=C(COc1cnccc1C(=O)O)Nc1ccc(Cl)cc1. The lowest BCUT2D eigenvalue weighted by molar-refractivity contribution is -0.118. The number of aromatic carboxylic acids is 1. The van der Waals surface area contributed by atoms with Gasteiger partial charge in [-0.25, -0.2) is 4.79 Å². The molecule has 0 spiro atoms. The molecule has 0 bridgehead atoms. The third-order valence-corrected chi connectivity index (χ3v) is 2.75. The Morgan fingerprint density at radius 2 is 1.95 bits per heavy atom. The Balaban J connectivity index is 1.95. The lowest BCUT2D eigenvalue weighted by Gasteiger charge is -2.09. The van der Waals surface area contributed by atoms with Crippen molar-refractivity contribution < 1.29 is 19.4 Å². The maximum Gasteiger partial charge on any atom is 0.339 e. The predicted molar refractivity (Wildman–Crippen MR) is 76.8 cm³/mol. The standard InChI is InChI=1S/C14H11ClN2O4/c15-9-1-3-10(4-2-9)17-13(18)8-21-12-7-16-6-5-11(12)14(19)20/h1-7H,8H2,(H,17,18)(H,19,20). The number of benzene rings is 1. The average Bonchev–Trinajstić information content (AvgIpc) is 2.48. The average molecular weight is 307 g/mol. The number of ether oxygens (including phenoxy) is 1. The summed E-state index contributed by atoms with van der Waals surface area (Å²) in [5.41, 5.74) is 0.516. The van der Waals surface area contributed by atoms with E-state index in [1.54, 1.807) is 24.3 Å². The van der Waals surface area contributed by atoms with Crippen molar-refractivity contribution in [3.05, 3.63) is 53.3 Å². The van der Waals surface area contributed by atoms with E-state index in [1.807, 2.05) is 0 Å². The van der Waals surface area contributed by atoms with Gasteiger partial charge in [-0.05, 0) is 30.3 Å². The topological polar surface area (TPSA) is 88.5 Å². The van der Waals surface area contributed by atoms with Gasteiger partial charge in [0, 0.05) is 16.9 Å². The molecule has 0 saturated carbocycles. The van der Waals surface area contributed by atoms with Gasteiger partial charge in [0.25, 0.3) is 5.91 Å². The zero-order chi connectivity index (χ0) is 15.2. The van der Waals surface area contributed by atoms with E-state index in [9.17, 15) is 9.59 Å². The molecule has 0 saturated heterocycles. The van der Waals surface area contributed by atoms with Gasteiger partial charge in [0.05, 0.1) is 6.20 Å².